The van der Waals surface area contributed by atoms with Crippen molar-refractivity contribution in [1.29, 1.82) is 0 Å². The average Bonchev–Trinajstić information content (AvgIpc) is 2.71. The molecule has 108 valence electrons. The van der Waals surface area contributed by atoms with E-state index in [1.54, 1.807) is 6.08 Å². The van der Waals surface area contributed by atoms with Gasteiger partial charge in [-0.15, -0.1) is 0 Å². The Kier molecular flexibility index (Phi) is 3.51. The molecule has 0 fully saturated rings. The molecule has 1 aliphatic carbocycles. The molecule has 0 saturated heterocycles. The zero-order chi connectivity index (χ0) is 15.6. The maximum Gasteiger partial charge on any atom is 0.331 e. The standard InChI is InChI=1S/C20H16O2/c1-3-19(21)22-20(4-2)17-11-7-5-9-15(17)13-14-16-10-6-8-12-18(16)20/h3-14H,1-2H2. The Morgan fingerprint density at radius 2 is 1.41 bits per heavy atom. The molecule has 2 aromatic rings. The van der Waals surface area contributed by atoms with Crippen LogP contribution in [0.3, 0.4) is 0 Å². The van der Waals surface area contributed by atoms with Gasteiger partial charge in [-0.2, -0.15) is 0 Å². The summed E-state index contributed by atoms with van der Waals surface area (Å²) in [5.74, 6) is -0.480. The van der Waals surface area contributed by atoms with Crippen LogP contribution in [0.25, 0.3) is 12.2 Å². The lowest BCUT2D eigenvalue weighted by Crippen LogP contribution is -2.32. The Hall–Kier alpha value is -2.87. The number of hydrogen-bond acceptors (Lipinski definition) is 2. The van der Waals surface area contributed by atoms with Gasteiger partial charge in [0.1, 0.15) is 0 Å². The van der Waals surface area contributed by atoms with Crippen molar-refractivity contribution in [3.63, 3.8) is 0 Å². The fourth-order valence-electron chi connectivity index (χ4n) is 2.86. The average molecular weight is 288 g/mol. The molecule has 0 aromatic heterocycles. The molecule has 0 heterocycles. The van der Waals surface area contributed by atoms with Crippen LogP contribution in [0.15, 0.2) is 73.8 Å². The van der Waals surface area contributed by atoms with Gasteiger partial charge in [0.2, 0.25) is 0 Å². The van der Waals surface area contributed by atoms with Crippen LogP contribution in [0.4, 0.5) is 0 Å². The lowest BCUT2D eigenvalue weighted by molar-refractivity contribution is -0.146. The van der Waals surface area contributed by atoms with Crippen molar-refractivity contribution in [3.8, 4) is 0 Å². The summed E-state index contributed by atoms with van der Waals surface area (Å²) in [5, 5.41) is 0. The molecule has 0 radical (unpaired) electrons. The van der Waals surface area contributed by atoms with Gasteiger partial charge in [-0.05, 0) is 17.2 Å². The molecule has 0 N–H and O–H groups in total. The number of carbonyl (C=O) groups excluding carboxylic acids is 1. The molecule has 0 amide bonds. The molecular weight excluding hydrogens is 272 g/mol. The van der Waals surface area contributed by atoms with Gasteiger partial charge in [0.05, 0.1) is 0 Å². The molecule has 2 nitrogen and oxygen atoms in total. The highest BCUT2D eigenvalue weighted by Gasteiger charge is 2.38. The summed E-state index contributed by atoms with van der Waals surface area (Å²) in [4.78, 5) is 12.0. The first kappa shape index (κ1) is 14.1. The van der Waals surface area contributed by atoms with E-state index in [0.29, 0.717) is 0 Å². The Labute approximate surface area is 130 Å². The Bertz CT molecular complexity index is 734. The third-order valence-electron chi connectivity index (χ3n) is 3.88. The lowest BCUT2D eigenvalue weighted by Gasteiger charge is -2.32. The highest BCUT2D eigenvalue weighted by atomic mass is 16.6. The van der Waals surface area contributed by atoms with Crippen molar-refractivity contribution in [2.24, 2.45) is 0 Å². The van der Waals surface area contributed by atoms with E-state index < -0.39 is 11.6 Å². The van der Waals surface area contributed by atoms with Gasteiger partial charge in [-0.1, -0.05) is 73.8 Å². The lowest BCUT2D eigenvalue weighted by atomic mass is 9.83. The summed E-state index contributed by atoms with van der Waals surface area (Å²) in [7, 11) is 0. The fraction of sp³-hybridized carbons (Fsp3) is 0.0500. The normalized spacial score (nSPS) is 14.2. The largest absolute Gasteiger partial charge is 0.442 e. The topological polar surface area (TPSA) is 26.3 Å². The molecule has 0 atom stereocenters. The predicted octanol–water partition coefficient (Wildman–Crippen LogP) is 4.33. The Morgan fingerprint density at radius 1 is 0.909 bits per heavy atom. The molecule has 0 aliphatic heterocycles. The van der Waals surface area contributed by atoms with Gasteiger partial charge in [0.25, 0.3) is 0 Å². The van der Waals surface area contributed by atoms with Crippen LogP contribution in [-0.4, -0.2) is 5.97 Å². The number of carbonyl (C=O) groups is 1. The summed E-state index contributed by atoms with van der Waals surface area (Å²) in [6, 6.07) is 15.7. The van der Waals surface area contributed by atoms with Gasteiger partial charge in [-0.3, -0.25) is 0 Å². The van der Waals surface area contributed by atoms with Crippen LogP contribution >= 0.6 is 0 Å². The van der Waals surface area contributed by atoms with Crippen LogP contribution < -0.4 is 0 Å². The van der Waals surface area contributed by atoms with Crippen LogP contribution in [0.5, 0.6) is 0 Å². The minimum atomic E-state index is -1.03. The SMILES string of the molecule is C=CC(=O)OC1(C=C)c2ccccc2C=Cc2ccccc21. The maximum atomic E-state index is 12.0. The monoisotopic (exact) mass is 288 g/mol. The molecule has 1 aliphatic rings. The van der Waals surface area contributed by atoms with Crippen LogP contribution in [0, 0.1) is 0 Å². The molecule has 0 saturated carbocycles. The van der Waals surface area contributed by atoms with E-state index in [4.69, 9.17) is 4.74 Å². The molecule has 2 aromatic carbocycles. The number of ether oxygens (including phenoxy) is 1. The van der Waals surface area contributed by atoms with E-state index in [2.05, 4.69) is 13.2 Å². The summed E-state index contributed by atoms with van der Waals surface area (Å²) in [6.45, 7) is 7.45. The second kappa shape index (κ2) is 5.49. The van der Waals surface area contributed by atoms with Gasteiger partial charge in [-0.25, -0.2) is 4.79 Å². The first-order valence-electron chi connectivity index (χ1n) is 7.07. The molecular formula is C20H16O2. The first-order valence-corrected chi connectivity index (χ1v) is 7.07. The highest BCUT2D eigenvalue weighted by Crippen LogP contribution is 2.41. The number of benzene rings is 2. The molecule has 0 spiro atoms. The van der Waals surface area contributed by atoms with E-state index in [1.807, 2.05) is 60.7 Å². The third kappa shape index (κ3) is 2.09. The molecule has 0 unspecified atom stereocenters. The van der Waals surface area contributed by atoms with Crippen LogP contribution in [-0.2, 0) is 15.1 Å². The van der Waals surface area contributed by atoms with Crippen molar-refractivity contribution < 1.29 is 9.53 Å². The fourth-order valence-corrected chi connectivity index (χ4v) is 2.86. The molecule has 0 bridgehead atoms. The van der Waals surface area contributed by atoms with E-state index >= 15 is 0 Å². The zero-order valence-electron chi connectivity index (χ0n) is 12.2. The van der Waals surface area contributed by atoms with Gasteiger partial charge in [0, 0.05) is 17.2 Å². The maximum absolute atomic E-state index is 12.0. The van der Waals surface area contributed by atoms with Crippen molar-refractivity contribution in [1.82, 2.24) is 0 Å². The van der Waals surface area contributed by atoms with E-state index in [9.17, 15) is 4.79 Å². The minimum Gasteiger partial charge on any atom is -0.442 e. The smallest absolute Gasteiger partial charge is 0.331 e. The van der Waals surface area contributed by atoms with Crippen molar-refractivity contribution in [3.05, 3.63) is 96.1 Å². The summed E-state index contributed by atoms with van der Waals surface area (Å²) in [5.41, 5.74) is 2.75. The second-order valence-electron chi connectivity index (χ2n) is 5.07. The van der Waals surface area contributed by atoms with E-state index in [0.717, 1.165) is 22.3 Å². The summed E-state index contributed by atoms with van der Waals surface area (Å²) in [6.07, 6.45) is 6.91. The highest BCUT2D eigenvalue weighted by molar-refractivity contribution is 5.84. The van der Waals surface area contributed by atoms with Crippen molar-refractivity contribution in [2.45, 2.75) is 5.60 Å². The van der Waals surface area contributed by atoms with Crippen LogP contribution in [0.1, 0.15) is 22.3 Å². The molecule has 3 rings (SSSR count). The van der Waals surface area contributed by atoms with Gasteiger partial charge in [0.15, 0.2) is 5.60 Å². The molecule has 22 heavy (non-hydrogen) atoms. The second-order valence-corrected chi connectivity index (χ2v) is 5.07. The summed E-state index contributed by atoms with van der Waals surface area (Å²) < 4.78 is 5.80. The van der Waals surface area contributed by atoms with Gasteiger partial charge >= 0.3 is 5.97 Å². The van der Waals surface area contributed by atoms with Crippen LogP contribution in [0.2, 0.25) is 0 Å². The minimum absolute atomic E-state index is 0.480. The Balaban J connectivity index is 2.35. The van der Waals surface area contributed by atoms with Crippen molar-refractivity contribution >= 4 is 18.1 Å². The van der Waals surface area contributed by atoms with E-state index in [1.165, 1.54) is 6.08 Å². The zero-order valence-corrected chi connectivity index (χ0v) is 12.2. The Morgan fingerprint density at radius 3 is 1.86 bits per heavy atom. The number of rotatable bonds is 3. The van der Waals surface area contributed by atoms with Gasteiger partial charge < -0.3 is 4.74 Å². The number of hydrogen-bond donors (Lipinski definition) is 0. The van der Waals surface area contributed by atoms with E-state index in [-0.39, 0.29) is 0 Å². The number of fused-ring (bicyclic) bond motifs is 2. The predicted molar refractivity (Wildman–Crippen MR) is 89.1 cm³/mol. The molecule has 2 heteroatoms. The van der Waals surface area contributed by atoms with Crippen molar-refractivity contribution in [2.75, 3.05) is 0 Å². The first-order chi connectivity index (χ1) is 10.7. The summed E-state index contributed by atoms with van der Waals surface area (Å²) >= 11 is 0. The quantitative estimate of drug-likeness (QED) is 0.477. The number of esters is 1. The third-order valence-corrected chi connectivity index (χ3v) is 3.88.